The van der Waals surface area contributed by atoms with Crippen LogP contribution in [0.4, 0.5) is 4.79 Å². The molecule has 0 saturated heterocycles. The molecule has 0 fully saturated rings. The SMILES string of the molecule is CNS(=O)(=O)Cc1cccc(CNC(=O)NCCc2cc(OC)ccc2OC)c1. The summed E-state index contributed by atoms with van der Waals surface area (Å²) in [7, 11) is 1.24. The Kier molecular flexibility index (Phi) is 8.29. The van der Waals surface area contributed by atoms with Gasteiger partial charge in [0.15, 0.2) is 0 Å². The molecule has 158 valence electrons. The van der Waals surface area contributed by atoms with Gasteiger partial charge in [0, 0.05) is 13.1 Å². The van der Waals surface area contributed by atoms with E-state index in [0.29, 0.717) is 25.1 Å². The van der Waals surface area contributed by atoms with Crippen LogP contribution in [0.5, 0.6) is 11.5 Å². The zero-order valence-corrected chi connectivity index (χ0v) is 17.6. The van der Waals surface area contributed by atoms with Crippen molar-refractivity contribution < 1.29 is 22.7 Å². The third-order valence-corrected chi connectivity index (χ3v) is 5.61. The number of methoxy groups -OCH3 is 2. The van der Waals surface area contributed by atoms with E-state index in [1.165, 1.54) is 7.05 Å². The highest BCUT2D eigenvalue weighted by Crippen LogP contribution is 2.24. The number of urea groups is 1. The van der Waals surface area contributed by atoms with Crippen molar-refractivity contribution in [2.24, 2.45) is 0 Å². The predicted molar refractivity (Wildman–Crippen MR) is 112 cm³/mol. The minimum absolute atomic E-state index is 0.105. The molecule has 2 aromatic carbocycles. The Hall–Kier alpha value is -2.78. The summed E-state index contributed by atoms with van der Waals surface area (Å²) in [5.41, 5.74) is 2.41. The first kappa shape index (κ1) is 22.5. The number of amides is 2. The Labute approximate surface area is 171 Å². The van der Waals surface area contributed by atoms with Gasteiger partial charge in [-0.05, 0) is 48.4 Å². The lowest BCUT2D eigenvalue weighted by atomic mass is 10.1. The molecule has 2 amide bonds. The van der Waals surface area contributed by atoms with E-state index in [1.807, 2.05) is 24.3 Å². The average molecular weight is 422 g/mol. The second kappa shape index (κ2) is 10.7. The van der Waals surface area contributed by atoms with Crippen LogP contribution in [-0.2, 0) is 28.7 Å². The van der Waals surface area contributed by atoms with Gasteiger partial charge in [0.2, 0.25) is 10.0 Å². The van der Waals surface area contributed by atoms with Crippen molar-refractivity contribution >= 4 is 16.1 Å². The summed E-state index contributed by atoms with van der Waals surface area (Å²) in [5.74, 6) is 1.36. The third kappa shape index (κ3) is 7.28. The van der Waals surface area contributed by atoms with Gasteiger partial charge in [-0.15, -0.1) is 0 Å². The van der Waals surface area contributed by atoms with Crippen LogP contribution in [-0.4, -0.2) is 42.3 Å². The van der Waals surface area contributed by atoms with Gasteiger partial charge in [0.05, 0.1) is 20.0 Å². The molecule has 2 aromatic rings. The van der Waals surface area contributed by atoms with E-state index < -0.39 is 10.0 Å². The molecule has 3 N–H and O–H groups in total. The van der Waals surface area contributed by atoms with Crippen molar-refractivity contribution in [3.63, 3.8) is 0 Å². The lowest BCUT2D eigenvalue weighted by Crippen LogP contribution is -2.36. The van der Waals surface area contributed by atoms with E-state index in [2.05, 4.69) is 15.4 Å². The molecule has 9 heteroatoms. The molecular weight excluding hydrogens is 394 g/mol. The molecule has 0 aromatic heterocycles. The van der Waals surface area contributed by atoms with E-state index in [-0.39, 0.29) is 11.8 Å². The predicted octanol–water partition coefficient (Wildman–Crippen LogP) is 1.79. The molecule has 0 spiro atoms. The molecular formula is C20H27N3O5S. The normalized spacial score (nSPS) is 11.0. The Bertz CT molecular complexity index is 931. The highest BCUT2D eigenvalue weighted by Gasteiger charge is 2.09. The lowest BCUT2D eigenvalue weighted by molar-refractivity contribution is 0.240. The van der Waals surface area contributed by atoms with E-state index in [0.717, 1.165) is 22.6 Å². The maximum absolute atomic E-state index is 12.1. The van der Waals surface area contributed by atoms with E-state index in [4.69, 9.17) is 9.47 Å². The number of sulfonamides is 1. The van der Waals surface area contributed by atoms with Crippen LogP contribution in [0.3, 0.4) is 0 Å². The van der Waals surface area contributed by atoms with E-state index in [9.17, 15) is 13.2 Å². The maximum atomic E-state index is 12.1. The summed E-state index contributed by atoms with van der Waals surface area (Å²) in [5, 5.41) is 5.57. The van der Waals surface area contributed by atoms with Crippen LogP contribution in [0, 0.1) is 0 Å². The smallest absolute Gasteiger partial charge is 0.315 e. The summed E-state index contributed by atoms with van der Waals surface area (Å²) < 4.78 is 36.2. The van der Waals surface area contributed by atoms with E-state index in [1.54, 1.807) is 32.4 Å². The molecule has 0 atom stereocenters. The Morgan fingerprint density at radius 2 is 1.76 bits per heavy atom. The number of nitrogens with one attached hydrogen (secondary N) is 3. The van der Waals surface area contributed by atoms with E-state index >= 15 is 0 Å². The molecule has 0 aliphatic rings. The monoisotopic (exact) mass is 421 g/mol. The standard InChI is InChI=1S/C20H27N3O5S/c1-21-29(25,26)14-16-6-4-5-15(11-16)13-23-20(24)22-10-9-17-12-18(27-2)7-8-19(17)28-3/h4-8,11-12,21H,9-10,13-14H2,1-3H3,(H2,22,23,24). The Morgan fingerprint density at radius 1 is 1.00 bits per heavy atom. The minimum atomic E-state index is -3.34. The van der Waals surface area contributed by atoms with Crippen LogP contribution in [0.1, 0.15) is 16.7 Å². The Morgan fingerprint density at radius 3 is 2.45 bits per heavy atom. The Balaban J connectivity index is 1.84. The van der Waals surface area contributed by atoms with Crippen LogP contribution < -0.4 is 24.8 Å². The maximum Gasteiger partial charge on any atom is 0.315 e. The molecule has 0 aliphatic heterocycles. The third-order valence-electron chi connectivity index (χ3n) is 4.28. The molecule has 0 saturated carbocycles. The molecule has 2 rings (SSSR count). The average Bonchev–Trinajstić information content (AvgIpc) is 2.72. The summed E-state index contributed by atoms with van der Waals surface area (Å²) in [6, 6.07) is 12.3. The fraction of sp³-hybridized carbons (Fsp3) is 0.350. The lowest BCUT2D eigenvalue weighted by Gasteiger charge is -2.12. The number of ether oxygens (including phenoxy) is 2. The highest BCUT2D eigenvalue weighted by molar-refractivity contribution is 7.88. The zero-order chi connectivity index (χ0) is 21.3. The highest BCUT2D eigenvalue weighted by atomic mass is 32.2. The molecule has 8 nitrogen and oxygen atoms in total. The van der Waals surface area contributed by atoms with Crippen molar-refractivity contribution in [1.82, 2.24) is 15.4 Å². The van der Waals surface area contributed by atoms with Gasteiger partial charge in [0.25, 0.3) is 0 Å². The van der Waals surface area contributed by atoms with Crippen LogP contribution in [0.15, 0.2) is 42.5 Å². The molecule has 0 bridgehead atoms. The minimum Gasteiger partial charge on any atom is -0.497 e. The molecule has 0 aliphatic carbocycles. The van der Waals surface area contributed by atoms with Gasteiger partial charge in [-0.25, -0.2) is 17.9 Å². The fourth-order valence-electron chi connectivity index (χ4n) is 2.75. The molecule has 0 radical (unpaired) electrons. The van der Waals surface area contributed by atoms with Crippen molar-refractivity contribution in [2.75, 3.05) is 27.8 Å². The van der Waals surface area contributed by atoms with Gasteiger partial charge < -0.3 is 20.1 Å². The summed E-state index contributed by atoms with van der Waals surface area (Å²) in [6.07, 6.45) is 0.588. The van der Waals surface area contributed by atoms with Crippen molar-refractivity contribution in [1.29, 1.82) is 0 Å². The summed E-state index contributed by atoms with van der Waals surface area (Å²) in [4.78, 5) is 12.1. The number of hydrogen-bond acceptors (Lipinski definition) is 5. The van der Waals surface area contributed by atoms with Gasteiger partial charge in [-0.3, -0.25) is 0 Å². The van der Waals surface area contributed by atoms with Crippen molar-refractivity contribution in [2.45, 2.75) is 18.7 Å². The topological polar surface area (TPSA) is 106 Å². The quantitative estimate of drug-likeness (QED) is 0.542. The molecule has 29 heavy (non-hydrogen) atoms. The molecule has 0 unspecified atom stereocenters. The van der Waals surface area contributed by atoms with Crippen molar-refractivity contribution in [3.8, 4) is 11.5 Å². The number of carbonyl (C=O) groups is 1. The largest absolute Gasteiger partial charge is 0.497 e. The second-order valence-electron chi connectivity index (χ2n) is 6.32. The van der Waals surface area contributed by atoms with Gasteiger partial charge in [-0.2, -0.15) is 0 Å². The summed E-state index contributed by atoms with van der Waals surface area (Å²) >= 11 is 0. The number of carbonyl (C=O) groups excluding carboxylic acids is 1. The van der Waals surface area contributed by atoms with Crippen LogP contribution in [0.2, 0.25) is 0 Å². The molecule has 0 heterocycles. The zero-order valence-electron chi connectivity index (χ0n) is 16.8. The number of rotatable bonds is 10. The van der Waals surface area contributed by atoms with Gasteiger partial charge in [-0.1, -0.05) is 24.3 Å². The van der Waals surface area contributed by atoms with Crippen LogP contribution in [0.25, 0.3) is 0 Å². The van der Waals surface area contributed by atoms with Gasteiger partial charge in [0.1, 0.15) is 11.5 Å². The fourth-order valence-corrected chi connectivity index (χ4v) is 3.52. The summed E-state index contributed by atoms with van der Waals surface area (Å²) in [6.45, 7) is 0.720. The van der Waals surface area contributed by atoms with Gasteiger partial charge >= 0.3 is 6.03 Å². The van der Waals surface area contributed by atoms with Crippen LogP contribution >= 0.6 is 0 Å². The number of hydrogen-bond donors (Lipinski definition) is 3. The first-order chi connectivity index (χ1) is 13.9. The van der Waals surface area contributed by atoms with Crippen molar-refractivity contribution in [3.05, 3.63) is 59.2 Å². The first-order valence-corrected chi connectivity index (χ1v) is 10.7. The second-order valence-corrected chi connectivity index (χ2v) is 8.25. The first-order valence-electron chi connectivity index (χ1n) is 9.08. The number of benzene rings is 2.